The smallest absolute Gasteiger partial charge is 0.320 e. The summed E-state index contributed by atoms with van der Waals surface area (Å²) in [7, 11) is 1.78. The minimum atomic E-state index is -0.622. The van der Waals surface area contributed by atoms with E-state index < -0.39 is 11.7 Å². The maximum absolute atomic E-state index is 14.9. The third-order valence-electron chi connectivity index (χ3n) is 5.98. The van der Waals surface area contributed by atoms with E-state index in [0.717, 1.165) is 11.1 Å². The molecular formula is C25H31FN8O2. The van der Waals surface area contributed by atoms with E-state index >= 15 is 0 Å². The molecule has 0 saturated carbocycles. The third kappa shape index (κ3) is 5.34. The number of carbonyl (C=O) groups is 2. The lowest BCUT2D eigenvalue weighted by Crippen LogP contribution is -2.44. The number of amides is 3. The van der Waals surface area contributed by atoms with Gasteiger partial charge in [-0.2, -0.15) is 0 Å². The highest BCUT2D eigenvalue weighted by molar-refractivity contribution is 6.04. The number of aromatic nitrogens is 5. The van der Waals surface area contributed by atoms with Gasteiger partial charge in [0.1, 0.15) is 17.3 Å². The van der Waals surface area contributed by atoms with Crippen molar-refractivity contribution in [3.05, 3.63) is 52.8 Å². The fourth-order valence-corrected chi connectivity index (χ4v) is 4.31. The minimum Gasteiger partial charge on any atom is -0.327 e. The van der Waals surface area contributed by atoms with Crippen LogP contribution < -0.4 is 5.32 Å². The lowest BCUT2D eigenvalue weighted by Gasteiger charge is -2.33. The first-order valence-corrected chi connectivity index (χ1v) is 12.0. The van der Waals surface area contributed by atoms with Crippen LogP contribution in [0.5, 0.6) is 0 Å². The molecule has 1 aromatic carbocycles. The molecule has 0 bridgehead atoms. The van der Waals surface area contributed by atoms with Crippen LogP contribution in [0.2, 0.25) is 0 Å². The van der Waals surface area contributed by atoms with Gasteiger partial charge in [-0.15, -0.1) is 5.10 Å². The van der Waals surface area contributed by atoms with E-state index in [0.29, 0.717) is 43.5 Å². The van der Waals surface area contributed by atoms with Crippen molar-refractivity contribution in [2.24, 2.45) is 5.92 Å². The molecule has 0 unspecified atom stereocenters. The van der Waals surface area contributed by atoms with Gasteiger partial charge in [0, 0.05) is 26.7 Å². The first-order valence-electron chi connectivity index (χ1n) is 12.0. The highest BCUT2D eigenvalue weighted by Crippen LogP contribution is 2.25. The Morgan fingerprint density at radius 2 is 1.94 bits per heavy atom. The number of nitrogens with zero attached hydrogens (tertiary/aromatic N) is 7. The molecule has 3 aromatic rings. The van der Waals surface area contributed by atoms with Gasteiger partial charge in [0.2, 0.25) is 5.82 Å². The summed E-state index contributed by atoms with van der Waals surface area (Å²) in [5, 5.41) is 14.4. The number of anilines is 1. The number of carbonyl (C=O) groups excluding carboxylic acids is 2. The summed E-state index contributed by atoms with van der Waals surface area (Å²) < 4.78 is 16.5. The first-order chi connectivity index (χ1) is 17.1. The average molecular weight is 495 g/mol. The maximum atomic E-state index is 14.9. The van der Waals surface area contributed by atoms with Crippen LogP contribution in [0.25, 0.3) is 11.5 Å². The number of tetrazole rings is 1. The van der Waals surface area contributed by atoms with Crippen molar-refractivity contribution in [3.8, 4) is 11.5 Å². The van der Waals surface area contributed by atoms with E-state index in [2.05, 4.69) is 39.7 Å². The number of halogens is 1. The van der Waals surface area contributed by atoms with E-state index in [-0.39, 0.29) is 23.5 Å². The molecule has 0 radical (unpaired) electrons. The van der Waals surface area contributed by atoms with Crippen LogP contribution in [-0.4, -0.2) is 67.1 Å². The van der Waals surface area contributed by atoms with Crippen molar-refractivity contribution in [1.82, 2.24) is 35.0 Å². The van der Waals surface area contributed by atoms with Crippen molar-refractivity contribution in [2.75, 3.05) is 25.5 Å². The number of nitrogens with one attached hydrogen (secondary N) is 1. The van der Waals surface area contributed by atoms with E-state index in [1.807, 2.05) is 13.8 Å². The quantitative estimate of drug-likeness (QED) is 0.559. The standard InChI is InChI=1S/C25H31FN8O2/c1-15(2)13-32(5)25(36)33-10-9-17-12-20(26)19(11-18(17)14-33)24(35)28-22-8-6-7-21(27-22)23-29-30-31-34(23)16(3)4/h6-8,11-12,15-16H,9-10,13-14H2,1-5H3,(H,27,28,35). The molecule has 3 amide bonds. The third-order valence-corrected chi connectivity index (χ3v) is 5.98. The van der Waals surface area contributed by atoms with E-state index in [4.69, 9.17) is 0 Å². The summed E-state index contributed by atoms with van der Waals surface area (Å²) in [5.41, 5.74) is 1.95. The van der Waals surface area contributed by atoms with Crippen molar-refractivity contribution in [2.45, 2.75) is 46.7 Å². The minimum absolute atomic E-state index is 0.0243. The first kappa shape index (κ1) is 25.2. The summed E-state index contributed by atoms with van der Waals surface area (Å²) in [6.45, 7) is 9.48. The summed E-state index contributed by atoms with van der Waals surface area (Å²) in [4.78, 5) is 33.7. The summed E-state index contributed by atoms with van der Waals surface area (Å²) >= 11 is 0. The second kappa shape index (κ2) is 10.4. The van der Waals surface area contributed by atoms with Crippen molar-refractivity contribution in [1.29, 1.82) is 0 Å². The maximum Gasteiger partial charge on any atom is 0.320 e. The van der Waals surface area contributed by atoms with Crippen LogP contribution in [0.3, 0.4) is 0 Å². The summed E-state index contributed by atoms with van der Waals surface area (Å²) in [5.74, 6) is -0.162. The van der Waals surface area contributed by atoms with Crippen LogP contribution in [0.1, 0.15) is 55.2 Å². The normalized spacial score (nSPS) is 13.2. The number of hydrogen-bond acceptors (Lipinski definition) is 6. The highest BCUT2D eigenvalue weighted by Gasteiger charge is 2.26. The lowest BCUT2D eigenvalue weighted by atomic mass is 9.96. The molecule has 0 saturated heterocycles. The number of pyridine rings is 1. The SMILES string of the molecule is CC(C)CN(C)C(=O)N1CCc2cc(F)c(C(=O)Nc3cccc(-c4nnnn4C(C)C)n3)cc2C1. The Kier molecular flexibility index (Phi) is 7.27. The predicted molar refractivity (Wildman–Crippen MR) is 133 cm³/mol. The van der Waals surface area contributed by atoms with Gasteiger partial charge in [-0.05, 0) is 72.0 Å². The molecule has 1 N–H and O–H groups in total. The Morgan fingerprint density at radius 3 is 2.67 bits per heavy atom. The largest absolute Gasteiger partial charge is 0.327 e. The summed E-state index contributed by atoms with van der Waals surface area (Å²) in [6, 6.07) is 7.95. The van der Waals surface area contributed by atoms with Gasteiger partial charge in [0.15, 0.2) is 0 Å². The van der Waals surface area contributed by atoms with Gasteiger partial charge in [-0.25, -0.2) is 18.9 Å². The Balaban J connectivity index is 1.53. The van der Waals surface area contributed by atoms with Gasteiger partial charge in [-0.1, -0.05) is 19.9 Å². The van der Waals surface area contributed by atoms with Gasteiger partial charge >= 0.3 is 6.03 Å². The molecule has 1 aliphatic heterocycles. The topological polar surface area (TPSA) is 109 Å². The Morgan fingerprint density at radius 1 is 1.17 bits per heavy atom. The molecule has 190 valence electrons. The number of benzene rings is 1. The molecule has 3 heterocycles. The van der Waals surface area contributed by atoms with Gasteiger partial charge < -0.3 is 15.1 Å². The van der Waals surface area contributed by atoms with Crippen LogP contribution in [0, 0.1) is 11.7 Å². The zero-order valence-electron chi connectivity index (χ0n) is 21.2. The Bertz CT molecular complexity index is 1270. The molecule has 11 heteroatoms. The molecule has 0 atom stereocenters. The number of hydrogen-bond donors (Lipinski definition) is 1. The van der Waals surface area contributed by atoms with Gasteiger partial charge in [0.05, 0.1) is 11.6 Å². The highest BCUT2D eigenvalue weighted by atomic mass is 19.1. The second-order valence-corrected chi connectivity index (χ2v) is 9.73. The fourth-order valence-electron chi connectivity index (χ4n) is 4.31. The number of fused-ring (bicyclic) bond motifs is 1. The van der Waals surface area contributed by atoms with E-state index in [1.54, 1.807) is 39.7 Å². The summed E-state index contributed by atoms with van der Waals surface area (Å²) in [6.07, 6.45) is 0.531. The van der Waals surface area contributed by atoms with Crippen molar-refractivity contribution in [3.63, 3.8) is 0 Å². The molecule has 36 heavy (non-hydrogen) atoms. The zero-order valence-corrected chi connectivity index (χ0v) is 21.2. The van der Waals surface area contributed by atoms with Crippen LogP contribution in [-0.2, 0) is 13.0 Å². The lowest BCUT2D eigenvalue weighted by molar-refractivity contribution is 0.102. The molecular weight excluding hydrogens is 463 g/mol. The molecule has 0 spiro atoms. The predicted octanol–water partition coefficient (Wildman–Crippen LogP) is 3.77. The fraction of sp³-hybridized carbons (Fsp3) is 0.440. The van der Waals surface area contributed by atoms with E-state index in [9.17, 15) is 14.0 Å². The average Bonchev–Trinajstić information content (AvgIpc) is 3.33. The van der Waals surface area contributed by atoms with Gasteiger partial charge in [-0.3, -0.25) is 4.79 Å². The van der Waals surface area contributed by atoms with Crippen LogP contribution in [0.15, 0.2) is 30.3 Å². The molecule has 0 fully saturated rings. The van der Waals surface area contributed by atoms with Crippen LogP contribution >= 0.6 is 0 Å². The van der Waals surface area contributed by atoms with E-state index in [1.165, 1.54) is 12.1 Å². The molecule has 0 aliphatic carbocycles. The second-order valence-electron chi connectivity index (χ2n) is 9.73. The zero-order chi connectivity index (χ0) is 26.0. The monoisotopic (exact) mass is 494 g/mol. The molecule has 2 aromatic heterocycles. The Labute approximate surface area is 209 Å². The molecule has 4 rings (SSSR count). The number of urea groups is 1. The van der Waals surface area contributed by atoms with Crippen molar-refractivity contribution < 1.29 is 14.0 Å². The molecule has 1 aliphatic rings. The van der Waals surface area contributed by atoms with Gasteiger partial charge in [0.25, 0.3) is 5.91 Å². The molecule has 10 nitrogen and oxygen atoms in total. The van der Waals surface area contributed by atoms with Crippen LogP contribution in [0.4, 0.5) is 15.0 Å². The Hall–Kier alpha value is -3.89. The van der Waals surface area contributed by atoms with Crippen molar-refractivity contribution >= 4 is 17.8 Å². The number of rotatable bonds is 6.